The first kappa shape index (κ1) is 14.3. The van der Waals surface area contributed by atoms with Crippen molar-refractivity contribution in [1.82, 2.24) is 0 Å². The van der Waals surface area contributed by atoms with E-state index in [0.717, 1.165) is 12.8 Å². The second-order valence-corrected chi connectivity index (χ2v) is 7.63. The predicted molar refractivity (Wildman–Crippen MR) is 92.3 cm³/mol. The van der Waals surface area contributed by atoms with E-state index in [0.29, 0.717) is 4.83 Å². The molecule has 0 spiro atoms. The largest absolute Gasteiger partial charge is 0.144 e. The number of rotatable bonds is 4. The summed E-state index contributed by atoms with van der Waals surface area (Å²) in [6.45, 7) is 4.49. The Bertz CT molecular complexity index is 590. The number of thiophene rings is 1. The molecule has 3 rings (SSSR count). The number of hydrogen-bond donors (Lipinski definition) is 0. The van der Waals surface area contributed by atoms with Crippen molar-refractivity contribution in [2.45, 2.75) is 50.8 Å². The summed E-state index contributed by atoms with van der Waals surface area (Å²) in [6, 6.07) is 9.42. The Morgan fingerprint density at radius 3 is 2.60 bits per heavy atom. The molecule has 0 N–H and O–H groups in total. The molecule has 1 aliphatic carbocycles. The molecule has 106 valence electrons. The van der Waals surface area contributed by atoms with Crippen molar-refractivity contribution in [3.05, 3.63) is 56.3 Å². The van der Waals surface area contributed by atoms with Gasteiger partial charge in [-0.3, -0.25) is 0 Å². The van der Waals surface area contributed by atoms with Crippen LogP contribution in [0, 0.1) is 0 Å². The molecule has 0 radical (unpaired) electrons. The first-order valence-corrected chi connectivity index (χ1v) is 9.33. The van der Waals surface area contributed by atoms with Crippen molar-refractivity contribution < 1.29 is 0 Å². The Morgan fingerprint density at radius 2 is 1.90 bits per heavy atom. The molecule has 1 aromatic heterocycles. The quantitative estimate of drug-likeness (QED) is 0.608. The van der Waals surface area contributed by atoms with Crippen LogP contribution in [0.4, 0.5) is 0 Å². The summed E-state index contributed by atoms with van der Waals surface area (Å²) in [5.41, 5.74) is 5.98. The highest BCUT2D eigenvalue weighted by Gasteiger charge is 2.20. The third-order valence-electron chi connectivity index (χ3n) is 4.30. The molecule has 1 aromatic carbocycles. The lowest BCUT2D eigenvalue weighted by atomic mass is 9.98. The van der Waals surface area contributed by atoms with Crippen LogP contribution in [0.2, 0.25) is 0 Å². The number of alkyl halides is 1. The van der Waals surface area contributed by atoms with Crippen LogP contribution in [0.15, 0.2) is 24.3 Å². The van der Waals surface area contributed by atoms with Gasteiger partial charge in [0.15, 0.2) is 0 Å². The summed E-state index contributed by atoms with van der Waals surface area (Å²) in [4.78, 5) is 3.45. The fraction of sp³-hybridized carbons (Fsp3) is 0.444. The first-order valence-electron chi connectivity index (χ1n) is 7.60. The summed E-state index contributed by atoms with van der Waals surface area (Å²) in [5.74, 6) is 0. The van der Waals surface area contributed by atoms with E-state index in [1.165, 1.54) is 40.8 Å². The first-order chi connectivity index (χ1) is 9.72. The molecule has 0 bridgehead atoms. The summed E-state index contributed by atoms with van der Waals surface area (Å²) in [6.07, 6.45) is 6.16. The second-order valence-electron chi connectivity index (χ2n) is 5.55. The lowest BCUT2D eigenvalue weighted by molar-refractivity contribution is 0.913. The highest BCUT2D eigenvalue weighted by molar-refractivity contribution is 9.09. The number of aryl methyl sites for hydroxylation is 4. The molecule has 20 heavy (non-hydrogen) atoms. The van der Waals surface area contributed by atoms with Crippen LogP contribution >= 0.6 is 27.3 Å². The van der Waals surface area contributed by atoms with E-state index in [4.69, 9.17) is 0 Å². The molecular weight excluding hydrogens is 328 g/mol. The normalized spacial score (nSPS) is 15.3. The monoisotopic (exact) mass is 348 g/mol. The highest BCUT2D eigenvalue weighted by Crippen LogP contribution is 2.40. The zero-order chi connectivity index (χ0) is 14.1. The molecule has 1 aliphatic rings. The second kappa shape index (κ2) is 6.03. The SMILES string of the molecule is CCc1ccc(C(Br)c2cc3c(s2)CCC3)cc1CC. The lowest BCUT2D eigenvalue weighted by Crippen LogP contribution is -1.96. The average Bonchev–Trinajstić information content (AvgIpc) is 3.06. The maximum atomic E-state index is 3.92. The van der Waals surface area contributed by atoms with Gasteiger partial charge in [-0.1, -0.05) is 48.0 Å². The van der Waals surface area contributed by atoms with Crippen molar-refractivity contribution in [2.75, 3.05) is 0 Å². The van der Waals surface area contributed by atoms with Crippen LogP contribution in [-0.2, 0) is 25.7 Å². The third-order valence-corrected chi connectivity index (χ3v) is 6.93. The predicted octanol–water partition coefficient (Wildman–Crippen LogP) is 5.85. The maximum absolute atomic E-state index is 3.92. The van der Waals surface area contributed by atoms with Crippen LogP contribution in [0.5, 0.6) is 0 Å². The molecule has 0 saturated heterocycles. The molecule has 1 heterocycles. The van der Waals surface area contributed by atoms with Crippen molar-refractivity contribution in [3.63, 3.8) is 0 Å². The van der Waals surface area contributed by atoms with Gasteiger partial charge in [-0.15, -0.1) is 11.3 Å². The standard InChI is InChI=1S/C18H21BrS/c1-3-12-8-9-15(10-13(12)4-2)18(19)17-11-14-6-5-7-16(14)20-17/h8-11,18H,3-7H2,1-2H3. The topological polar surface area (TPSA) is 0 Å². The lowest BCUT2D eigenvalue weighted by Gasteiger charge is -2.13. The highest BCUT2D eigenvalue weighted by atomic mass is 79.9. The van der Waals surface area contributed by atoms with E-state index in [2.05, 4.69) is 54.0 Å². The van der Waals surface area contributed by atoms with E-state index in [1.54, 1.807) is 10.4 Å². The Hall–Kier alpha value is -0.600. The van der Waals surface area contributed by atoms with Crippen LogP contribution in [0.3, 0.4) is 0 Å². The van der Waals surface area contributed by atoms with Gasteiger partial charge in [-0.05, 0) is 60.4 Å². The number of halogens is 1. The van der Waals surface area contributed by atoms with Gasteiger partial charge in [-0.25, -0.2) is 0 Å². The van der Waals surface area contributed by atoms with Gasteiger partial charge in [0.25, 0.3) is 0 Å². The van der Waals surface area contributed by atoms with Crippen molar-refractivity contribution in [2.24, 2.45) is 0 Å². The summed E-state index contributed by atoms with van der Waals surface area (Å²) >= 11 is 5.92. The van der Waals surface area contributed by atoms with Gasteiger partial charge in [-0.2, -0.15) is 0 Å². The number of fused-ring (bicyclic) bond motifs is 1. The maximum Gasteiger partial charge on any atom is 0.0738 e. The molecule has 0 nitrogen and oxygen atoms in total. The van der Waals surface area contributed by atoms with Gasteiger partial charge in [0.05, 0.1) is 4.83 Å². The van der Waals surface area contributed by atoms with E-state index in [1.807, 2.05) is 11.3 Å². The zero-order valence-electron chi connectivity index (χ0n) is 12.2. The molecule has 0 fully saturated rings. The molecule has 1 atom stereocenters. The molecule has 0 saturated carbocycles. The van der Waals surface area contributed by atoms with Gasteiger partial charge < -0.3 is 0 Å². The van der Waals surface area contributed by atoms with Crippen molar-refractivity contribution >= 4 is 27.3 Å². The minimum absolute atomic E-state index is 0.356. The molecule has 0 amide bonds. The zero-order valence-corrected chi connectivity index (χ0v) is 14.6. The van der Waals surface area contributed by atoms with Crippen molar-refractivity contribution in [3.8, 4) is 0 Å². The molecule has 0 aliphatic heterocycles. The molecular formula is C18H21BrS. The van der Waals surface area contributed by atoms with Crippen LogP contribution in [0.1, 0.15) is 57.1 Å². The summed E-state index contributed by atoms with van der Waals surface area (Å²) < 4.78 is 0. The summed E-state index contributed by atoms with van der Waals surface area (Å²) in [7, 11) is 0. The van der Waals surface area contributed by atoms with E-state index >= 15 is 0 Å². The van der Waals surface area contributed by atoms with Gasteiger partial charge in [0, 0.05) is 9.75 Å². The fourth-order valence-electron chi connectivity index (χ4n) is 3.12. The van der Waals surface area contributed by atoms with Gasteiger partial charge >= 0.3 is 0 Å². The Kier molecular flexibility index (Phi) is 4.32. The molecule has 1 unspecified atom stereocenters. The Morgan fingerprint density at radius 1 is 1.10 bits per heavy atom. The van der Waals surface area contributed by atoms with Gasteiger partial charge in [0.1, 0.15) is 0 Å². The summed E-state index contributed by atoms with van der Waals surface area (Å²) in [5, 5.41) is 0. The van der Waals surface area contributed by atoms with Gasteiger partial charge in [0.2, 0.25) is 0 Å². The van der Waals surface area contributed by atoms with Crippen molar-refractivity contribution in [1.29, 1.82) is 0 Å². The minimum atomic E-state index is 0.356. The minimum Gasteiger partial charge on any atom is -0.144 e. The Balaban J connectivity index is 1.91. The fourth-order valence-corrected chi connectivity index (χ4v) is 5.08. The number of benzene rings is 1. The van der Waals surface area contributed by atoms with Crippen LogP contribution in [-0.4, -0.2) is 0 Å². The van der Waals surface area contributed by atoms with Crippen LogP contribution in [0.25, 0.3) is 0 Å². The Labute approximate surface area is 134 Å². The smallest absolute Gasteiger partial charge is 0.0738 e. The number of hydrogen-bond acceptors (Lipinski definition) is 1. The third kappa shape index (κ3) is 2.60. The van der Waals surface area contributed by atoms with E-state index < -0.39 is 0 Å². The molecule has 2 heteroatoms. The molecule has 2 aromatic rings. The van der Waals surface area contributed by atoms with Crippen LogP contribution < -0.4 is 0 Å². The van der Waals surface area contributed by atoms with E-state index in [9.17, 15) is 0 Å². The average molecular weight is 349 g/mol. The van der Waals surface area contributed by atoms with E-state index in [-0.39, 0.29) is 0 Å².